The van der Waals surface area contributed by atoms with Crippen molar-refractivity contribution >= 4 is 29.5 Å². The zero-order valence-electron chi connectivity index (χ0n) is 14.7. The molecular formula is C18H22ClN5O2. The minimum absolute atomic E-state index is 0.258. The van der Waals surface area contributed by atoms with Crippen molar-refractivity contribution in [1.82, 2.24) is 14.9 Å². The molecule has 0 saturated carbocycles. The van der Waals surface area contributed by atoms with Gasteiger partial charge in [-0.25, -0.2) is 9.78 Å². The van der Waals surface area contributed by atoms with Gasteiger partial charge in [0.15, 0.2) is 0 Å². The number of rotatable bonds is 5. The smallest absolute Gasteiger partial charge is 0.409 e. The van der Waals surface area contributed by atoms with E-state index in [0.717, 1.165) is 16.4 Å². The fourth-order valence-electron chi connectivity index (χ4n) is 2.70. The molecule has 0 unspecified atom stereocenters. The molecule has 2 aromatic rings. The second-order valence-corrected chi connectivity index (χ2v) is 6.33. The van der Waals surface area contributed by atoms with Crippen molar-refractivity contribution in [2.45, 2.75) is 13.5 Å². The van der Waals surface area contributed by atoms with Gasteiger partial charge in [-0.2, -0.15) is 4.98 Å². The Morgan fingerprint density at radius 2 is 1.92 bits per heavy atom. The van der Waals surface area contributed by atoms with Crippen LogP contribution in [0.1, 0.15) is 12.5 Å². The fourth-order valence-corrected chi connectivity index (χ4v) is 2.82. The summed E-state index contributed by atoms with van der Waals surface area (Å²) in [5, 5.41) is 4.02. The third-order valence-electron chi connectivity index (χ3n) is 4.12. The maximum atomic E-state index is 11.8. The number of benzene rings is 1. The number of amides is 1. The monoisotopic (exact) mass is 375 g/mol. The van der Waals surface area contributed by atoms with Gasteiger partial charge in [-0.3, -0.25) is 0 Å². The average molecular weight is 376 g/mol. The lowest BCUT2D eigenvalue weighted by molar-refractivity contribution is 0.105. The maximum absolute atomic E-state index is 11.8. The van der Waals surface area contributed by atoms with Crippen LogP contribution < -0.4 is 10.2 Å². The minimum atomic E-state index is -0.258. The standard InChI is InChI=1S/C18H22ClN5O2/c1-2-26-18(25)24-11-9-23(10-12-24)17-20-8-7-16(22-17)21-13-14-3-5-15(19)6-4-14/h3-8H,2,9-13H2,1H3,(H,20,21,22). The molecule has 1 N–H and O–H groups in total. The molecule has 26 heavy (non-hydrogen) atoms. The molecule has 3 rings (SSSR count). The van der Waals surface area contributed by atoms with Crippen molar-refractivity contribution in [3.8, 4) is 0 Å². The second kappa shape index (κ2) is 8.71. The Kier molecular flexibility index (Phi) is 6.12. The Balaban J connectivity index is 1.56. The second-order valence-electron chi connectivity index (χ2n) is 5.89. The zero-order valence-corrected chi connectivity index (χ0v) is 15.4. The van der Waals surface area contributed by atoms with Crippen LogP contribution >= 0.6 is 11.6 Å². The van der Waals surface area contributed by atoms with E-state index in [1.807, 2.05) is 37.3 Å². The molecule has 0 spiro atoms. The number of hydrogen-bond donors (Lipinski definition) is 1. The van der Waals surface area contributed by atoms with E-state index in [-0.39, 0.29) is 6.09 Å². The summed E-state index contributed by atoms with van der Waals surface area (Å²) < 4.78 is 5.04. The molecule has 0 bridgehead atoms. The van der Waals surface area contributed by atoms with Crippen molar-refractivity contribution in [2.24, 2.45) is 0 Å². The summed E-state index contributed by atoms with van der Waals surface area (Å²) in [5.74, 6) is 1.42. The van der Waals surface area contributed by atoms with Crippen LogP contribution in [0.4, 0.5) is 16.6 Å². The van der Waals surface area contributed by atoms with E-state index in [1.54, 1.807) is 11.1 Å². The fraction of sp³-hybridized carbons (Fsp3) is 0.389. The molecule has 1 aromatic carbocycles. The van der Waals surface area contributed by atoms with Crippen LogP contribution in [-0.2, 0) is 11.3 Å². The third kappa shape index (κ3) is 4.76. The van der Waals surface area contributed by atoms with Crippen LogP contribution in [0.3, 0.4) is 0 Å². The molecule has 1 aliphatic rings. The van der Waals surface area contributed by atoms with E-state index in [4.69, 9.17) is 16.3 Å². The van der Waals surface area contributed by atoms with Crippen molar-refractivity contribution in [1.29, 1.82) is 0 Å². The van der Waals surface area contributed by atoms with Gasteiger partial charge in [0.2, 0.25) is 5.95 Å². The van der Waals surface area contributed by atoms with Crippen LogP contribution in [0.15, 0.2) is 36.5 Å². The predicted molar refractivity (Wildman–Crippen MR) is 102 cm³/mol. The number of carbonyl (C=O) groups is 1. The van der Waals surface area contributed by atoms with E-state index in [2.05, 4.69) is 20.2 Å². The summed E-state index contributed by atoms with van der Waals surface area (Å²) >= 11 is 5.90. The highest BCUT2D eigenvalue weighted by Gasteiger charge is 2.23. The lowest BCUT2D eigenvalue weighted by Gasteiger charge is -2.34. The van der Waals surface area contributed by atoms with E-state index in [9.17, 15) is 4.79 Å². The summed E-state index contributed by atoms with van der Waals surface area (Å²) in [6.07, 6.45) is 1.48. The molecule has 0 aliphatic carbocycles. The van der Waals surface area contributed by atoms with Crippen molar-refractivity contribution in [2.75, 3.05) is 43.0 Å². The number of halogens is 1. The van der Waals surface area contributed by atoms with E-state index >= 15 is 0 Å². The quantitative estimate of drug-likeness (QED) is 0.866. The van der Waals surface area contributed by atoms with Crippen molar-refractivity contribution < 1.29 is 9.53 Å². The number of nitrogens with one attached hydrogen (secondary N) is 1. The van der Waals surface area contributed by atoms with Gasteiger partial charge in [0.1, 0.15) is 5.82 Å². The Labute approximate surface area is 157 Å². The summed E-state index contributed by atoms with van der Waals surface area (Å²) in [4.78, 5) is 24.5. The molecule has 1 amide bonds. The van der Waals surface area contributed by atoms with Crippen LogP contribution in [0.25, 0.3) is 0 Å². The summed E-state index contributed by atoms with van der Waals surface area (Å²) in [6, 6.07) is 9.53. The molecule has 1 aromatic heterocycles. The Morgan fingerprint density at radius 1 is 1.19 bits per heavy atom. The number of carbonyl (C=O) groups excluding carboxylic acids is 1. The lowest BCUT2D eigenvalue weighted by Crippen LogP contribution is -2.49. The van der Waals surface area contributed by atoms with Gasteiger partial charge in [0, 0.05) is 43.9 Å². The van der Waals surface area contributed by atoms with Crippen LogP contribution in [0, 0.1) is 0 Å². The Morgan fingerprint density at radius 3 is 2.62 bits per heavy atom. The summed E-state index contributed by atoms with van der Waals surface area (Å²) in [5.41, 5.74) is 1.12. The van der Waals surface area contributed by atoms with Crippen LogP contribution in [0.5, 0.6) is 0 Å². The maximum Gasteiger partial charge on any atom is 0.409 e. The van der Waals surface area contributed by atoms with Crippen LogP contribution in [-0.4, -0.2) is 53.7 Å². The molecule has 8 heteroatoms. The van der Waals surface area contributed by atoms with Gasteiger partial charge in [-0.05, 0) is 30.7 Å². The first-order valence-corrected chi connectivity index (χ1v) is 9.01. The Hall–Kier alpha value is -2.54. The third-order valence-corrected chi connectivity index (χ3v) is 4.37. The van der Waals surface area contributed by atoms with Gasteiger partial charge in [-0.1, -0.05) is 23.7 Å². The molecule has 1 aliphatic heterocycles. The van der Waals surface area contributed by atoms with Crippen LogP contribution in [0.2, 0.25) is 5.02 Å². The highest BCUT2D eigenvalue weighted by molar-refractivity contribution is 6.30. The summed E-state index contributed by atoms with van der Waals surface area (Å²) in [7, 11) is 0. The van der Waals surface area contributed by atoms with Crippen molar-refractivity contribution in [3.05, 3.63) is 47.1 Å². The number of nitrogens with zero attached hydrogens (tertiary/aromatic N) is 4. The zero-order chi connectivity index (χ0) is 18.4. The van der Waals surface area contributed by atoms with Gasteiger partial charge >= 0.3 is 6.09 Å². The molecule has 0 radical (unpaired) electrons. The van der Waals surface area contributed by atoms with Gasteiger partial charge in [0.05, 0.1) is 6.61 Å². The number of aromatic nitrogens is 2. The average Bonchev–Trinajstić information content (AvgIpc) is 2.68. The molecule has 2 heterocycles. The number of ether oxygens (including phenoxy) is 1. The SMILES string of the molecule is CCOC(=O)N1CCN(c2nccc(NCc3ccc(Cl)cc3)n2)CC1. The number of piperazine rings is 1. The van der Waals surface area contributed by atoms with Gasteiger partial charge in [0.25, 0.3) is 0 Å². The largest absolute Gasteiger partial charge is 0.450 e. The topological polar surface area (TPSA) is 70.6 Å². The summed E-state index contributed by atoms with van der Waals surface area (Å²) in [6.45, 7) is 5.42. The predicted octanol–water partition coefficient (Wildman–Crippen LogP) is 3.02. The van der Waals surface area contributed by atoms with Crippen molar-refractivity contribution in [3.63, 3.8) is 0 Å². The first-order valence-electron chi connectivity index (χ1n) is 8.63. The first-order chi connectivity index (χ1) is 12.7. The molecule has 138 valence electrons. The van der Waals surface area contributed by atoms with Gasteiger partial charge < -0.3 is 19.9 Å². The molecule has 0 atom stereocenters. The molecule has 1 saturated heterocycles. The number of hydrogen-bond acceptors (Lipinski definition) is 6. The first kappa shape index (κ1) is 18.3. The van der Waals surface area contributed by atoms with E-state index in [1.165, 1.54) is 0 Å². The van der Waals surface area contributed by atoms with E-state index < -0.39 is 0 Å². The highest BCUT2D eigenvalue weighted by Crippen LogP contribution is 2.15. The van der Waals surface area contributed by atoms with E-state index in [0.29, 0.717) is 45.3 Å². The minimum Gasteiger partial charge on any atom is -0.450 e. The highest BCUT2D eigenvalue weighted by atomic mass is 35.5. The molecule has 7 nitrogen and oxygen atoms in total. The molecule has 1 fully saturated rings. The number of anilines is 2. The lowest BCUT2D eigenvalue weighted by atomic mass is 10.2. The van der Waals surface area contributed by atoms with Gasteiger partial charge in [-0.15, -0.1) is 0 Å². The Bertz CT molecular complexity index is 733. The normalized spacial score (nSPS) is 14.2. The molecular weight excluding hydrogens is 354 g/mol.